The molecule has 3 nitrogen and oxygen atoms in total. The summed E-state index contributed by atoms with van der Waals surface area (Å²) in [5.41, 5.74) is 1.00. The van der Waals surface area contributed by atoms with Crippen LogP contribution in [0.1, 0.15) is 38.4 Å². The van der Waals surface area contributed by atoms with Crippen molar-refractivity contribution in [2.24, 2.45) is 0 Å². The maximum absolute atomic E-state index is 9.12. The van der Waals surface area contributed by atoms with Crippen molar-refractivity contribution >= 4 is 12.0 Å². The Morgan fingerprint density at radius 2 is 2.12 bits per heavy atom. The molecule has 1 aliphatic rings. The molecule has 0 bridgehead atoms. The Morgan fingerprint density at radius 1 is 1.35 bits per heavy atom. The third kappa shape index (κ3) is 3.13. The third-order valence-electron chi connectivity index (χ3n) is 3.28. The molecule has 0 spiro atoms. The van der Waals surface area contributed by atoms with E-state index in [1.807, 2.05) is 25.1 Å². The summed E-state index contributed by atoms with van der Waals surface area (Å²) in [4.78, 5) is 2.30. The van der Waals surface area contributed by atoms with Gasteiger partial charge in [-0.1, -0.05) is 6.92 Å². The maximum Gasteiger partial charge on any atom is 0.196 e. The highest BCUT2D eigenvalue weighted by Crippen LogP contribution is 2.23. The number of nitrogens with zero attached hydrogens (tertiary/aromatic N) is 1. The maximum atomic E-state index is 9.12. The van der Waals surface area contributed by atoms with Gasteiger partial charge in [0.2, 0.25) is 0 Å². The fourth-order valence-corrected chi connectivity index (χ4v) is 2.16. The van der Waals surface area contributed by atoms with Gasteiger partial charge in [-0.25, -0.2) is 0 Å². The number of piperidine rings is 1. The summed E-state index contributed by atoms with van der Waals surface area (Å²) in [5, 5.41) is 9.12. The highest BCUT2D eigenvalue weighted by Gasteiger charge is 2.13. The van der Waals surface area contributed by atoms with E-state index in [9.17, 15) is 0 Å². The molecule has 0 aromatic carbocycles. The average molecular weight is 235 g/mol. The highest BCUT2D eigenvalue weighted by atomic mass is 16.4. The predicted octanol–water partition coefficient (Wildman–Crippen LogP) is 3.06. The van der Waals surface area contributed by atoms with Crippen molar-refractivity contribution in [1.29, 1.82) is 0 Å². The first kappa shape index (κ1) is 12.2. The van der Waals surface area contributed by atoms with Crippen molar-refractivity contribution in [2.45, 2.75) is 32.6 Å². The van der Waals surface area contributed by atoms with E-state index in [0.717, 1.165) is 36.7 Å². The highest BCUT2D eigenvalue weighted by molar-refractivity contribution is 5.51. The van der Waals surface area contributed by atoms with Crippen LogP contribution in [0.2, 0.25) is 0 Å². The second-order valence-corrected chi connectivity index (χ2v) is 4.54. The normalized spacial score (nSPS) is 17.5. The number of rotatable bonds is 4. The molecule has 0 aliphatic carbocycles. The molecule has 1 saturated heterocycles. The SMILES string of the molecule is CCC(=Cc1ccc(N2CCCCC2)o1)CO. The van der Waals surface area contributed by atoms with Gasteiger partial charge in [-0.2, -0.15) is 0 Å². The zero-order valence-electron chi connectivity index (χ0n) is 10.5. The van der Waals surface area contributed by atoms with Gasteiger partial charge >= 0.3 is 0 Å². The fraction of sp³-hybridized carbons (Fsp3) is 0.571. The zero-order valence-corrected chi connectivity index (χ0v) is 10.5. The van der Waals surface area contributed by atoms with Crippen LogP contribution in [0.25, 0.3) is 6.08 Å². The minimum Gasteiger partial charge on any atom is -0.441 e. The quantitative estimate of drug-likeness (QED) is 0.871. The van der Waals surface area contributed by atoms with E-state index in [-0.39, 0.29) is 6.61 Å². The average Bonchev–Trinajstić information content (AvgIpc) is 2.85. The Morgan fingerprint density at radius 3 is 2.76 bits per heavy atom. The van der Waals surface area contributed by atoms with Crippen molar-refractivity contribution in [3.8, 4) is 0 Å². The first-order valence-electron chi connectivity index (χ1n) is 6.48. The molecule has 0 saturated carbocycles. The minimum atomic E-state index is 0.107. The number of furan rings is 1. The minimum absolute atomic E-state index is 0.107. The molecular formula is C14H21NO2. The molecule has 1 aromatic rings. The van der Waals surface area contributed by atoms with Crippen LogP contribution in [0.3, 0.4) is 0 Å². The van der Waals surface area contributed by atoms with Crippen LogP contribution in [0.5, 0.6) is 0 Å². The van der Waals surface area contributed by atoms with Gasteiger partial charge < -0.3 is 14.4 Å². The van der Waals surface area contributed by atoms with Crippen LogP contribution >= 0.6 is 0 Å². The van der Waals surface area contributed by atoms with Crippen molar-refractivity contribution in [3.63, 3.8) is 0 Å². The van der Waals surface area contributed by atoms with Gasteiger partial charge in [0, 0.05) is 19.2 Å². The van der Waals surface area contributed by atoms with Crippen molar-refractivity contribution in [2.75, 3.05) is 24.6 Å². The monoisotopic (exact) mass is 235 g/mol. The molecule has 0 atom stereocenters. The molecule has 3 heteroatoms. The van der Waals surface area contributed by atoms with Crippen LogP contribution in [0.4, 0.5) is 5.88 Å². The van der Waals surface area contributed by atoms with Crippen LogP contribution < -0.4 is 4.90 Å². The molecule has 2 heterocycles. The van der Waals surface area contributed by atoms with Gasteiger partial charge in [0.1, 0.15) is 5.76 Å². The molecule has 2 rings (SSSR count). The first-order valence-corrected chi connectivity index (χ1v) is 6.48. The summed E-state index contributed by atoms with van der Waals surface area (Å²) in [6.07, 6.45) is 6.63. The number of aliphatic hydroxyl groups is 1. The molecule has 17 heavy (non-hydrogen) atoms. The van der Waals surface area contributed by atoms with E-state index >= 15 is 0 Å². The Hall–Kier alpha value is -1.22. The molecule has 1 fully saturated rings. The number of hydrogen-bond donors (Lipinski definition) is 1. The van der Waals surface area contributed by atoms with Crippen LogP contribution in [-0.4, -0.2) is 24.8 Å². The van der Waals surface area contributed by atoms with Crippen LogP contribution in [0, 0.1) is 0 Å². The van der Waals surface area contributed by atoms with Crippen molar-refractivity contribution in [3.05, 3.63) is 23.5 Å². The topological polar surface area (TPSA) is 36.6 Å². The van der Waals surface area contributed by atoms with E-state index in [1.54, 1.807) is 0 Å². The van der Waals surface area contributed by atoms with Crippen LogP contribution in [-0.2, 0) is 0 Å². The Balaban J connectivity index is 2.07. The smallest absolute Gasteiger partial charge is 0.196 e. The molecule has 0 unspecified atom stereocenters. The van der Waals surface area contributed by atoms with E-state index in [1.165, 1.54) is 19.3 Å². The molecule has 1 aliphatic heterocycles. The molecule has 0 radical (unpaired) electrons. The van der Waals surface area contributed by atoms with Gasteiger partial charge in [-0.15, -0.1) is 0 Å². The van der Waals surface area contributed by atoms with E-state index in [0.29, 0.717) is 0 Å². The first-order chi connectivity index (χ1) is 8.33. The third-order valence-corrected chi connectivity index (χ3v) is 3.28. The van der Waals surface area contributed by atoms with Gasteiger partial charge in [-0.05, 0) is 43.4 Å². The lowest BCUT2D eigenvalue weighted by molar-refractivity contribution is 0.328. The summed E-state index contributed by atoms with van der Waals surface area (Å²) in [6, 6.07) is 4.01. The fourth-order valence-electron chi connectivity index (χ4n) is 2.16. The van der Waals surface area contributed by atoms with Crippen LogP contribution in [0.15, 0.2) is 22.1 Å². The summed E-state index contributed by atoms with van der Waals surface area (Å²) >= 11 is 0. The second kappa shape index (κ2) is 5.92. The Labute approximate surface area is 103 Å². The standard InChI is InChI=1S/C14H21NO2/c1-2-12(11-16)10-13-6-7-14(17-13)15-8-4-3-5-9-15/h6-7,10,16H,2-5,8-9,11H2,1H3. The Kier molecular flexibility index (Phi) is 4.26. The van der Waals surface area contributed by atoms with Crippen molar-refractivity contribution in [1.82, 2.24) is 0 Å². The zero-order chi connectivity index (χ0) is 12.1. The summed E-state index contributed by atoms with van der Waals surface area (Å²) < 4.78 is 5.80. The lowest BCUT2D eigenvalue weighted by Crippen LogP contribution is -2.28. The van der Waals surface area contributed by atoms with E-state index in [4.69, 9.17) is 9.52 Å². The predicted molar refractivity (Wildman–Crippen MR) is 70.1 cm³/mol. The number of hydrogen-bond acceptors (Lipinski definition) is 3. The summed E-state index contributed by atoms with van der Waals surface area (Å²) in [6.45, 7) is 4.33. The van der Waals surface area contributed by atoms with Gasteiger partial charge in [0.05, 0.1) is 6.61 Å². The van der Waals surface area contributed by atoms with Gasteiger partial charge in [-0.3, -0.25) is 0 Å². The lowest BCUT2D eigenvalue weighted by Gasteiger charge is -2.25. The Bertz CT molecular complexity index is 369. The molecule has 1 aromatic heterocycles. The molecular weight excluding hydrogens is 214 g/mol. The summed E-state index contributed by atoms with van der Waals surface area (Å²) in [7, 11) is 0. The number of anilines is 1. The largest absolute Gasteiger partial charge is 0.441 e. The molecule has 1 N–H and O–H groups in total. The van der Waals surface area contributed by atoms with Crippen molar-refractivity contribution < 1.29 is 9.52 Å². The number of aliphatic hydroxyl groups excluding tert-OH is 1. The summed E-state index contributed by atoms with van der Waals surface area (Å²) in [5.74, 6) is 1.81. The second-order valence-electron chi connectivity index (χ2n) is 4.54. The van der Waals surface area contributed by atoms with Gasteiger partial charge in [0.15, 0.2) is 5.88 Å². The van der Waals surface area contributed by atoms with Gasteiger partial charge in [0.25, 0.3) is 0 Å². The van der Waals surface area contributed by atoms with E-state index in [2.05, 4.69) is 4.90 Å². The van der Waals surface area contributed by atoms with E-state index < -0.39 is 0 Å². The molecule has 94 valence electrons. The molecule has 0 amide bonds. The lowest BCUT2D eigenvalue weighted by atomic mass is 10.1.